The van der Waals surface area contributed by atoms with Gasteiger partial charge in [-0.2, -0.15) is 0 Å². The molecule has 19 heavy (non-hydrogen) atoms. The molecule has 0 aliphatic heterocycles. The van der Waals surface area contributed by atoms with Gasteiger partial charge in [0, 0.05) is 6.04 Å². The van der Waals surface area contributed by atoms with E-state index in [9.17, 15) is 4.79 Å². The molecule has 0 heterocycles. The third-order valence-corrected chi connectivity index (χ3v) is 4.51. The first-order valence-corrected chi connectivity index (χ1v) is 7.11. The van der Waals surface area contributed by atoms with Crippen LogP contribution in [0.25, 0.3) is 0 Å². The summed E-state index contributed by atoms with van der Waals surface area (Å²) in [6.07, 6.45) is 2.25. The summed E-state index contributed by atoms with van der Waals surface area (Å²) in [7, 11) is 0. The van der Waals surface area contributed by atoms with E-state index >= 15 is 0 Å². The van der Waals surface area contributed by atoms with Crippen molar-refractivity contribution in [2.75, 3.05) is 0 Å². The molecule has 4 unspecified atom stereocenters. The van der Waals surface area contributed by atoms with Gasteiger partial charge >= 0.3 is 0 Å². The molecule has 1 saturated carbocycles. The van der Waals surface area contributed by atoms with Gasteiger partial charge in [-0.1, -0.05) is 43.7 Å². The fourth-order valence-corrected chi connectivity index (χ4v) is 2.77. The van der Waals surface area contributed by atoms with Crippen LogP contribution in [0.15, 0.2) is 24.3 Å². The first-order valence-electron chi connectivity index (χ1n) is 7.11. The molecule has 1 amide bonds. The van der Waals surface area contributed by atoms with Crippen LogP contribution in [0.5, 0.6) is 0 Å². The zero-order valence-electron chi connectivity index (χ0n) is 12.0. The van der Waals surface area contributed by atoms with Gasteiger partial charge in [0.1, 0.15) is 6.04 Å². The number of rotatable bonds is 3. The Kier molecular flexibility index (Phi) is 4.25. The predicted molar refractivity (Wildman–Crippen MR) is 77.6 cm³/mol. The summed E-state index contributed by atoms with van der Waals surface area (Å²) in [4.78, 5) is 12.2. The minimum absolute atomic E-state index is 0.0604. The van der Waals surface area contributed by atoms with E-state index in [2.05, 4.69) is 19.2 Å². The van der Waals surface area contributed by atoms with Gasteiger partial charge in [0.15, 0.2) is 0 Å². The molecule has 3 nitrogen and oxygen atoms in total. The Labute approximate surface area is 115 Å². The Balaban J connectivity index is 1.98. The third kappa shape index (κ3) is 3.16. The summed E-state index contributed by atoms with van der Waals surface area (Å²) in [5.41, 5.74) is 8.09. The molecule has 104 valence electrons. The van der Waals surface area contributed by atoms with E-state index in [0.717, 1.165) is 12.0 Å². The molecule has 3 N–H and O–H groups in total. The zero-order valence-corrected chi connectivity index (χ0v) is 12.0. The Morgan fingerprint density at radius 3 is 2.42 bits per heavy atom. The van der Waals surface area contributed by atoms with Gasteiger partial charge in [0.25, 0.3) is 0 Å². The van der Waals surface area contributed by atoms with Gasteiger partial charge in [0.05, 0.1) is 0 Å². The first kappa shape index (κ1) is 14.1. The van der Waals surface area contributed by atoms with Gasteiger partial charge in [-0.3, -0.25) is 4.79 Å². The standard InChI is InChI=1S/C16H24N2O/c1-10-4-7-13(8-5-10)15(17)16(19)18-14-9-6-11(2)12(14)3/h4-5,7-8,11-12,14-15H,6,9,17H2,1-3H3,(H,18,19). The van der Waals surface area contributed by atoms with E-state index in [0.29, 0.717) is 11.8 Å². The molecule has 1 aromatic carbocycles. The van der Waals surface area contributed by atoms with Crippen LogP contribution in [0.4, 0.5) is 0 Å². The van der Waals surface area contributed by atoms with Crippen LogP contribution in [0.3, 0.4) is 0 Å². The van der Waals surface area contributed by atoms with Crippen molar-refractivity contribution in [2.45, 2.75) is 45.7 Å². The highest BCUT2D eigenvalue weighted by molar-refractivity contribution is 5.83. The fraction of sp³-hybridized carbons (Fsp3) is 0.562. The van der Waals surface area contributed by atoms with Crippen molar-refractivity contribution < 1.29 is 4.79 Å². The molecule has 0 spiro atoms. The van der Waals surface area contributed by atoms with Gasteiger partial charge in [0.2, 0.25) is 5.91 Å². The summed E-state index contributed by atoms with van der Waals surface area (Å²) < 4.78 is 0. The normalized spacial score (nSPS) is 28.1. The number of carbonyl (C=O) groups is 1. The highest BCUT2D eigenvalue weighted by atomic mass is 16.2. The lowest BCUT2D eigenvalue weighted by atomic mass is 9.97. The maximum absolute atomic E-state index is 12.2. The van der Waals surface area contributed by atoms with Crippen molar-refractivity contribution >= 4 is 5.91 Å². The Bertz CT molecular complexity index is 441. The van der Waals surface area contributed by atoms with Crippen LogP contribution in [0.2, 0.25) is 0 Å². The van der Waals surface area contributed by atoms with Crippen molar-refractivity contribution in [3.8, 4) is 0 Å². The smallest absolute Gasteiger partial charge is 0.241 e. The summed E-state index contributed by atoms with van der Waals surface area (Å²) in [5, 5.41) is 3.11. The molecule has 0 aromatic heterocycles. The lowest BCUT2D eigenvalue weighted by Crippen LogP contribution is -2.42. The van der Waals surface area contributed by atoms with Crippen LogP contribution in [-0.4, -0.2) is 11.9 Å². The quantitative estimate of drug-likeness (QED) is 0.877. The summed E-state index contributed by atoms with van der Waals surface area (Å²) in [6, 6.07) is 7.55. The van der Waals surface area contributed by atoms with E-state index < -0.39 is 6.04 Å². The van der Waals surface area contributed by atoms with E-state index in [4.69, 9.17) is 5.73 Å². The van der Waals surface area contributed by atoms with Crippen molar-refractivity contribution in [3.63, 3.8) is 0 Å². The molecule has 1 aliphatic rings. The van der Waals surface area contributed by atoms with E-state index in [1.807, 2.05) is 31.2 Å². The predicted octanol–water partition coefficient (Wildman–Crippen LogP) is 2.55. The minimum Gasteiger partial charge on any atom is -0.351 e. The number of carbonyl (C=O) groups excluding carboxylic acids is 1. The van der Waals surface area contributed by atoms with Gasteiger partial charge in [-0.05, 0) is 37.2 Å². The molecule has 1 aliphatic carbocycles. The lowest BCUT2D eigenvalue weighted by Gasteiger charge is -2.22. The number of amides is 1. The zero-order chi connectivity index (χ0) is 14.0. The van der Waals surface area contributed by atoms with Crippen LogP contribution in [0, 0.1) is 18.8 Å². The van der Waals surface area contributed by atoms with Gasteiger partial charge in [-0.15, -0.1) is 0 Å². The fourth-order valence-electron chi connectivity index (χ4n) is 2.77. The van der Waals surface area contributed by atoms with Crippen molar-refractivity contribution in [3.05, 3.63) is 35.4 Å². The third-order valence-electron chi connectivity index (χ3n) is 4.51. The second-order valence-electron chi connectivity index (χ2n) is 5.92. The number of nitrogens with one attached hydrogen (secondary N) is 1. The second-order valence-corrected chi connectivity index (χ2v) is 5.92. The molecule has 1 aromatic rings. The van der Waals surface area contributed by atoms with Crippen molar-refractivity contribution in [1.82, 2.24) is 5.32 Å². The molecule has 0 bridgehead atoms. The molecule has 2 rings (SSSR count). The Morgan fingerprint density at radius 2 is 1.89 bits per heavy atom. The van der Waals surface area contributed by atoms with Crippen LogP contribution < -0.4 is 11.1 Å². The maximum Gasteiger partial charge on any atom is 0.241 e. The summed E-state index contributed by atoms with van der Waals surface area (Å²) in [6.45, 7) is 6.48. The SMILES string of the molecule is Cc1ccc(C(N)C(=O)NC2CCC(C)C2C)cc1. The van der Waals surface area contributed by atoms with Gasteiger partial charge < -0.3 is 11.1 Å². The monoisotopic (exact) mass is 260 g/mol. The van der Waals surface area contributed by atoms with E-state index in [1.165, 1.54) is 12.0 Å². The van der Waals surface area contributed by atoms with Crippen LogP contribution in [-0.2, 0) is 4.79 Å². The topological polar surface area (TPSA) is 55.1 Å². The Hall–Kier alpha value is -1.35. The second kappa shape index (κ2) is 5.74. The summed E-state index contributed by atoms with van der Waals surface area (Å²) in [5.74, 6) is 1.16. The minimum atomic E-state index is -0.566. The molecule has 0 radical (unpaired) electrons. The maximum atomic E-state index is 12.2. The van der Waals surface area contributed by atoms with Crippen LogP contribution in [0.1, 0.15) is 43.9 Å². The lowest BCUT2D eigenvalue weighted by molar-refractivity contribution is -0.123. The van der Waals surface area contributed by atoms with E-state index in [1.54, 1.807) is 0 Å². The number of hydrogen-bond acceptors (Lipinski definition) is 2. The van der Waals surface area contributed by atoms with Crippen molar-refractivity contribution in [1.29, 1.82) is 0 Å². The number of benzene rings is 1. The average molecular weight is 260 g/mol. The molecule has 4 atom stereocenters. The van der Waals surface area contributed by atoms with Gasteiger partial charge in [-0.25, -0.2) is 0 Å². The number of hydrogen-bond donors (Lipinski definition) is 2. The molecule has 3 heteroatoms. The molecular weight excluding hydrogens is 236 g/mol. The average Bonchev–Trinajstić information content (AvgIpc) is 2.71. The summed E-state index contributed by atoms with van der Waals surface area (Å²) >= 11 is 0. The molecular formula is C16H24N2O. The highest BCUT2D eigenvalue weighted by Crippen LogP contribution is 2.31. The Morgan fingerprint density at radius 1 is 1.26 bits per heavy atom. The largest absolute Gasteiger partial charge is 0.351 e. The van der Waals surface area contributed by atoms with Crippen LogP contribution >= 0.6 is 0 Å². The molecule has 1 fully saturated rings. The highest BCUT2D eigenvalue weighted by Gasteiger charge is 2.31. The molecule has 0 saturated heterocycles. The number of aryl methyl sites for hydroxylation is 1. The first-order chi connectivity index (χ1) is 8.99. The van der Waals surface area contributed by atoms with Crippen molar-refractivity contribution in [2.24, 2.45) is 17.6 Å². The number of nitrogens with two attached hydrogens (primary N) is 1. The van der Waals surface area contributed by atoms with E-state index in [-0.39, 0.29) is 11.9 Å².